The summed E-state index contributed by atoms with van der Waals surface area (Å²) in [5.41, 5.74) is 7.87. The van der Waals surface area contributed by atoms with Crippen molar-refractivity contribution in [3.63, 3.8) is 0 Å². The van der Waals surface area contributed by atoms with Crippen molar-refractivity contribution in [2.45, 2.75) is 59.5 Å². The Balaban J connectivity index is 0.000000757. The maximum atomic E-state index is 6.03. The Morgan fingerprint density at radius 1 is 1.17 bits per heavy atom. The molecule has 1 aliphatic carbocycles. The highest BCUT2D eigenvalue weighted by Crippen LogP contribution is 2.21. The number of aromatic nitrogens is 4. The van der Waals surface area contributed by atoms with E-state index in [1.165, 1.54) is 0 Å². The summed E-state index contributed by atoms with van der Waals surface area (Å²) in [5.74, 6) is 0.122. The van der Waals surface area contributed by atoms with E-state index in [2.05, 4.69) is 33.2 Å². The molecule has 4 rings (SSSR count). The number of fused-ring (bicyclic) bond motifs is 1. The minimum atomic E-state index is -0.286. The highest BCUT2D eigenvalue weighted by molar-refractivity contribution is 6.33. The van der Waals surface area contributed by atoms with Crippen LogP contribution in [-0.2, 0) is 20.8 Å². The number of nitrogens with two attached hydrogens (primary N) is 1. The number of imidazole rings is 1. The van der Waals surface area contributed by atoms with Gasteiger partial charge in [-0.15, -0.1) is 0 Å². The zero-order valence-corrected chi connectivity index (χ0v) is 18.9. The van der Waals surface area contributed by atoms with Crippen LogP contribution in [0, 0.1) is 0 Å². The van der Waals surface area contributed by atoms with Gasteiger partial charge in [0.25, 0.3) is 0 Å². The molecular formula is C21H32ClN5O3. The summed E-state index contributed by atoms with van der Waals surface area (Å²) in [6.45, 7) is 10.0. The molecule has 2 N–H and O–H groups in total. The van der Waals surface area contributed by atoms with Crippen molar-refractivity contribution in [2.75, 3.05) is 25.6 Å². The molecule has 0 aromatic carbocycles. The highest BCUT2D eigenvalue weighted by atomic mass is 35.5. The molecule has 0 spiro atoms. The summed E-state index contributed by atoms with van der Waals surface area (Å²) in [7, 11) is 0. The fraction of sp³-hybridized carbons (Fsp3) is 0.571. The number of rotatable bonds is 5. The van der Waals surface area contributed by atoms with Crippen molar-refractivity contribution >= 4 is 28.7 Å². The minimum Gasteiger partial charge on any atom is -0.372 e. The molecule has 3 heterocycles. The molecule has 8 nitrogen and oxygen atoms in total. The molecular weight excluding hydrogens is 406 g/mol. The average molecular weight is 438 g/mol. The van der Waals surface area contributed by atoms with E-state index in [-0.39, 0.29) is 23.5 Å². The standard InChI is InChI=1S/C17H20ClN5O3.2C2H6/c18-14-13-15(22-17(19)21-14)23(10-20-13)6-7-24-12-8-25-16(26-9-12)11-4-2-1-3-5-11;2*1-2/h2,4-5,10,12,16H,1,3,6-9H2,(H2,19,21,22);2*1-2H3. The van der Waals surface area contributed by atoms with Gasteiger partial charge in [-0.2, -0.15) is 9.97 Å². The summed E-state index contributed by atoms with van der Waals surface area (Å²) < 4.78 is 19.3. The fourth-order valence-electron chi connectivity index (χ4n) is 2.99. The summed E-state index contributed by atoms with van der Waals surface area (Å²) in [4.78, 5) is 12.3. The van der Waals surface area contributed by atoms with Crippen molar-refractivity contribution in [1.29, 1.82) is 0 Å². The van der Waals surface area contributed by atoms with Gasteiger partial charge in [0.2, 0.25) is 5.95 Å². The average Bonchev–Trinajstić information content (AvgIpc) is 3.21. The van der Waals surface area contributed by atoms with Crippen LogP contribution in [0.25, 0.3) is 11.2 Å². The van der Waals surface area contributed by atoms with Crippen LogP contribution in [0.5, 0.6) is 0 Å². The van der Waals surface area contributed by atoms with Crippen molar-refractivity contribution in [1.82, 2.24) is 19.5 Å². The SMILES string of the molecule is CC.CC.Nc1nc(Cl)c2ncn(CCOC3COC(C4=CCCC=C4)OC3)c2n1. The first-order valence-corrected chi connectivity index (χ1v) is 10.9. The van der Waals surface area contributed by atoms with E-state index in [1.807, 2.05) is 32.3 Å². The monoisotopic (exact) mass is 437 g/mol. The molecule has 2 aromatic rings. The van der Waals surface area contributed by atoms with Gasteiger partial charge >= 0.3 is 0 Å². The number of ether oxygens (including phenoxy) is 3. The van der Waals surface area contributed by atoms with E-state index in [0.29, 0.717) is 37.5 Å². The van der Waals surface area contributed by atoms with E-state index >= 15 is 0 Å². The third kappa shape index (κ3) is 6.25. The predicted molar refractivity (Wildman–Crippen MR) is 119 cm³/mol. The summed E-state index contributed by atoms with van der Waals surface area (Å²) in [6, 6.07) is 0. The molecule has 30 heavy (non-hydrogen) atoms. The molecule has 0 atom stereocenters. The van der Waals surface area contributed by atoms with Crippen LogP contribution >= 0.6 is 11.6 Å². The third-order valence-corrected chi connectivity index (χ3v) is 4.55. The quantitative estimate of drug-likeness (QED) is 0.701. The molecule has 2 aromatic heterocycles. The van der Waals surface area contributed by atoms with Crippen molar-refractivity contribution in [3.05, 3.63) is 35.3 Å². The van der Waals surface area contributed by atoms with E-state index in [9.17, 15) is 0 Å². The number of nitrogen functional groups attached to an aromatic ring is 1. The van der Waals surface area contributed by atoms with Gasteiger partial charge in [0.05, 0.1) is 26.1 Å². The van der Waals surface area contributed by atoms with Gasteiger partial charge in [0.15, 0.2) is 17.1 Å². The molecule has 0 amide bonds. The van der Waals surface area contributed by atoms with Gasteiger partial charge in [-0.25, -0.2) is 4.98 Å². The van der Waals surface area contributed by atoms with Gasteiger partial charge in [-0.05, 0) is 12.8 Å². The van der Waals surface area contributed by atoms with E-state index in [0.717, 1.165) is 18.4 Å². The Hall–Kier alpha value is -2.00. The van der Waals surface area contributed by atoms with Crippen LogP contribution in [0.15, 0.2) is 30.1 Å². The molecule has 1 saturated heterocycles. The second kappa shape index (κ2) is 12.6. The largest absolute Gasteiger partial charge is 0.372 e. The van der Waals surface area contributed by atoms with E-state index in [4.69, 9.17) is 31.5 Å². The van der Waals surface area contributed by atoms with Gasteiger partial charge in [0.1, 0.15) is 11.6 Å². The number of hydrogen-bond acceptors (Lipinski definition) is 7. The number of halogens is 1. The smallest absolute Gasteiger partial charge is 0.223 e. The van der Waals surface area contributed by atoms with Crippen LogP contribution in [0.4, 0.5) is 5.95 Å². The second-order valence-electron chi connectivity index (χ2n) is 6.16. The van der Waals surface area contributed by atoms with Crippen molar-refractivity contribution in [2.24, 2.45) is 0 Å². The zero-order chi connectivity index (χ0) is 21.9. The van der Waals surface area contributed by atoms with Crippen molar-refractivity contribution in [3.8, 4) is 0 Å². The molecule has 0 saturated carbocycles. The molecule has 1 aliphatic heterocycles. The first-order chi connectivity index (χ1) is 14.7. The normalized spacial score (nSPS) is 20.6. The summed E-state index contributed by atoms with van der Waals surface area (Å²) in [6.07, 6.45) is 9.75. The van der Waals surface area contributed by atoms with E-state index in [1.54, 1.807) is 6.33 Å². The molecule has 2 aliphatic rings. The predicted octanol–water partition coefficient (Wildman–Crippen LogP) is 4.15. The number of anilines is 1. The first kappa shape index (κ1) is 24.3. The summed E-state index contributed by atoms with van der Waals surface area (Å²) >= 11 is 6.03. The van der Waals surface area contributed by atoms with Gasteiger partial charge in [-0.3, -0.25) is 0 Å². The Morgan fingerprint density at radius 2 is 1.90 bits per heavy atom. The van der Waals surface area contributed by atoms with Gasteiger partial charge in [0, 0.05) is 12.1 Å². The van der Waals surface area contributed by atoms with E-state index < -0.39 is 0 Å². The Morgan fingerprint density at radius 3 is 2.57 bits per heavy atom. The maximum Gasteiger partial charge on any atom is 0.223 e. The van der Waals surface area contributed by atoms with Crippen LogP contribution < -0.4 is 5.73 Å². The maximum absolute atomic E-state index is 6.03. The molecule has 0 unspecified atom stereocenters. The second-order valence-corrected chi connectivity index (χ2v) is 6.52. The number of allylic oxidation sites excluding steroid dienone is 2. The highest BCUT2D eigenvalue weighted by Gasteiger charge is 2.25. The van der Waals surface area contributed by atoms with Crippen molar-refractivity contribution < 1.29 is 14.2 Å². The fourth-order valence-corrected chi connectivity index (χ4v) is 3.21. The van der Waals surface area contributed by atoms with Crippen LogP contribution in [0.3, 0.4) is 0 Å². The first-order valence-electron chi connectivity index (χ1n) is 10.6. The lowest BCUT2D eigenvalue weighted by Crippen LogP contribution is -2.38. The van der Waals surface area contributed by atoms with Crippen LogP contribution in [-0.4, -0.2) is 51.7 Å². The summed E-state index contributed by atoms with van der Waals surface area (Å²) in [5, 5.41) is 0.248. The molecule has 166 valence electrons. The molecule has 0 bridgehead atoms. The van der Waals surface area contributed by atoms with Crippen LogP contribution in [0.2, 0.25) is 5.15 Å². The van der Waals surface area contributed by atoms with Crippen LogP contribution in [0.1, 0.15) is 40.5 Å². The molecule has 0 radical (unpaired) electrons. The number of hydrogen-bond donors (Lipinski definition) is 1. The lowest BCUT2D eigenvalue weighted by Gasteiger charge is -2.30. The minimum absolute atomic E-state index is 0.0995. The lowest BCUT2D eigenvalue weighted by molar-refractivity contribution is -0.208. The Kier molecular flexibility index (Phi) is 10.2. The van der Waals surface area contributed by atoms with Gasteiger partial charge in [-0.1, -0.05) is 57.5 Å². The molecule has 1 fully saturated rings. The Labute approximate surface area is 183 Å². The van der Waals surface area contributed by atoms with Gasteiger partial charge < -0.3 is 24.5 Å². The lowest BCUT2D eigenvalue weighted by atomic mass is 10.1. The third-order valence-electron chi connectivity index (χ3n) is 4.29. The molecule has 9 heteroatoms. The Bertz CT molecular complexity index is 845. The topological polar surface area (TPSA) is 97.3 Å². The zero-order valence-electron chi connectivity index (χ0n) is 18.2. The number of nitrogens with zero attached hydrogens (tertiary/aromatic N) is 4.